The highest BCUT2D eigenvalue weighted by Crippen LogP contribution is 2.74. The molecule has 0 radical (unpaired) electrons. The van der Waals surface area contributed by atoms with Gasteiger partial charge in [-0.05, 0) is 42.4 Å². The van der Waals surface area contributed by atoms with Crippen LogP contribution >= 0.6 is 0 Å². The number of carbonyl (C=O) groups excluding carboxylic acids is 3. The summed E-state index contributed by atoms with van der Waals surface area (Å²) in [5, 5.41) is 0. The molecule has 3 heterocycles. The Morgan fingerprint density at radius 1 is 1.07 bits per heavy atom. The Hall–Kier alpha value is -2.65. The summed E-state index contributed by atoms with van der Waals surface area (Å²) in [5.41, 5.74) is 1.68. The fourth-order valence-electron chi connectivity index (χ4n) is 10.2. The van der Waals surface area contributed by atoms with Gasteiger partial charge in [0.25, 0.3) is 0 Å². The molecular formula is C34H46O9. The number of hydrogen-bond donors (Lipinski definition) is 0. The van der Waals surface area contributed by atoms with Gasteiger partial charge in [0.05, 0.1) is 44.6 Å². The van der Waals surface area contributed by atoms with E-state index in [-0.39, 0.29) is 72.7 Å². The number of carbonyl (C=O) groups is 3. The molecule has 236 valence electrons. The number of esters is 3. The highest BCUT2D eigenvalue weighted by atomic mass is 16.6. The molecule has 5 aliphatic rings. The van der Waals surface area contributed by atoms with Crippen molar-refractivity contribution in [3.05, 3.63) is 35.3 Å². The van der Waals surface area contributed by atoms with Gasteiger partial charge >= 0.3 is 17.9 Å². The van der Waals surface area contributed by atoms with Crippen molar-refractivity contribution in [2.45, 2.75) is 111 Å². The zero-order chi connectivity index (χ0) is 31.1. The van der Waals surface area contributed by atoms with Crippen molar-refractivity contribution < 1.29 is 42.5 Å². The fourth-order valence-corrected chi connectivity index (χ4v) is 10.2. The third kappa shape index (κ3) is 4.35. The molecule has 0 unspecified atom stereocenters. The van der Waals surface area contributed by atoms with E-state index < -0.39 is 28.5 Å². The number of furan rings is 1. The summed E-state index contributed by atoms with van der Waals surface area (Å²) in [5.74, 6) is -1.21. The molecule has 4 fully saturated rings. The summed E-state index contributed by atoms with van der Waals surface area (Å²) in [6.45, 7) is 14.4. The van der Waals surface area contributed by atoms with E-state index in [1.807, 2.05) is 19.9 Å². The highest BCUT2D eigenvalue weighted by Gasteiger charge is 2.78. The first kappa shape index (κ1) is 30.4. The van der Waals surface area contributed by atoms with Crippen LogP contribution in [0.5, 0.6) is 0 Å². The summed E-state index contributed by atoms with van der Waals surface area (Å²) in [4.78, 5) is 39.0. The molecule has 11 atom stereocenters. The van der Waals surface area contributed by atoms with E-state index in [0.717, 1.165) is 12.0 Å². The zero-order valence-corrected chi connectivity index (χ0v) is 26.6. The summed E-state index contributed by atoms with van der Waals surface area (Å²) >= 11 is 0. The predicted molar refractivity (Wildman–Crippen MR) is 155 cm³/mol. The third-order valence-corrected chi connectivity index (χ3v) is 11.8. The van der Waals surface area contributed by atoms with Crippen LogP contribution in [0.15, 0.2) is 34.2 Å². The maximum absolute atomic E-state index is 13.3. The summed E-state index contributed by atoms with van der Waals surface area (Å²) < 4.78 is 36.9. The van der Waals surface area contributed by atoms with Crippen molar-refractivity contribution in [1.29, 1.82) is 0 Å². The largest absolute Gasteiger partial charge is 0.472 e. The van der Waals surface area contributed by atoms with Gasteiger partial charge in [-0.25, -0.2) is 0 Å². The van der Waals surface area contributed by atoms with Gasteiger partial charge in [-0.15, -0.1) is 0 Å². The van der Waals surface area contributed by atoms with Crippen molar-refractivity contribution in [2.24, 2.45) is 34.0 Å². The molecule has 2 saturated carbocycles. The van der Waals surface area contributed by atoms with Gasteiger partial charge in [0.2, 0.25) is 0 Å². The van der Waals surface area contributed by atoms with Gasteiger partial charge in [0.15, 0.2) is 0 Å². The molecule has 0 spiro atoms. The first-order chi connectivity index (χ1) is 20.3. The van der Waals surface area contributed by atoms with Gasteiger partial charge in [-0.2, -0.15) is 0 Å². The van der Waals surface area contributed by atoms with Gasteiger partial charge < -0.3 is 28.1 Å². The van der Waals surface area contributed by atoms with Crippen LogP contribution in [-0.2, 0) is 38.1 Å². The Bertz CT molecular complexity index is 1310. The molecule has 9 heteroatoms. The normalized spacial score (nSPS) is 42.8. The van der Waals surface area contributed by atoms with Crippen molar-refractivity contribution in [3.63, 3.8) is 0 Å². The predicted octanol–water partition coefficient (Wildman–Crippen LogP) is 5.37. The van der Waals surface area contributed by atoms with Gasteiger partial charge in [-0.3, -0.25) is 14.4 Å². The lowest BCUT2D eigenvalue weighted by Crippen LogP contribution is -2.71. The Balaban J connectivity index is 1.53. The van der Waals surface area contributed by atoms with Crippen LogP contribution in [0.25, 0.3) is 0 Å². The quantitative estimate of drug-likeness (QED) is 0.232. The third-order valence-electron chi connectivity index (χ3n) is 11.8. The highest BCUT2D eigenvalue weighted by molar-refractivity contribution is 5.71. The van der Waals surface area contributed by atoms with Crippen LogP contribution in [0, 0.1) is 34.0 Å². The van der Waals surface area contributed by atoms with Crippen molar-refractivity contribution in [1.82, 2.24) is 0 Å². The van der Waals surface area contributed by atoms with Crippen LogP contribution in [-0.4, -0.2) is 62.1 Å². The van der Waals surface area contributed by atoms with Gasteiger partial charge in [-0.1, -0.05) is 40.2 Å². The van der Waals surface area contributed by atoms with Gasteiger partial charge in [0, 0.05) is 54.3 Å². The zero-order valence-electron chi connectivity index (χ0n) is 26.6. The van der Waals surface area contributed by atoms with E-state index in [4.69, 9.17) is 28.1 Å². The second-order valence-electron chi connectivity index (χ2n) is 14.6. The molecule has 6 rings (SSSR count). The summed E-state index contributed by atoms with van der Waals surface area (Å²) in [7, 11) is 1.42. The molecule has 2 aliphatic heterocycles. The molecule has 9 nitrogen and oxygen atoms in total. The smallest absolute Gasteiger partial charge is 0.306 e. The van der Waals surface area contributed by atoms with Gasteiger partial charge in [0.1, 0.15) is 12.2 Å². The lowest BCUT2D eigenvalue weighted by Gasteiger charge is -2.65. The average Bonchev–Trinajstić information content (AvgIpc) is 3.69. The molecule has 0 bridgehead atoms. The lowest BCUT2D eigenvalue weighted by molar-refractivity contribution is -0.252. The topological polar surface area (TPSA) is 111 Å². The monoisotopic (exact) mass is 598 g/mol. The number of allylic oxidation sites excluding steroid dienone is 1. The van der Waals surface area contributed by atoms with Crippen LogP contribution in [0.2, 0.25) is 0 Å². The van der Waals surface area contributed by atoms with E-state index in [0.29, 0.717) is 13.0 Å². The number of fused-ring (bicyclic) bond motifs is 4. The van der Waals surface area contributed by atoms with Crippen molar-refractivity contribution >= 4 is 17.9 Å². The Kier molecular flexibility index (Phi) is 7.40. The van der Waals surface area contributed by atoms with Crippen molar-refractivity contribution in [3.8, 4) is 0 Å². The average molecular weight is 599 g/mol. The minimum absolute atomic E-state index is 0.121. The number of rotatable bonds is 7. The van der Waals surface area contributed by atoms with E-state index >= 15 is 0 Å². The van der Waals surface area contributed by atoms with Crippen LogP contribution in [0.1, 0.15) is 85.6 Å². The summed E-state index contributed by atoms with van der Waals surface area (Å²) in [6.07, 6.45) is 3.10. The molecule has 43 heavy (non-hydrogen) atoms. The second kappa shape index (κ2) is 10.5. The second-order valence-corrected chi connectivity index (χ2v) is 14.6. The van der Waals surface area contributed by atoms with E-state index in [1.165, 1.54) is 25.2 Å². The molecule has 0 N–H and O–H groups in total. The summed E-state index contributed by atoms with van der Waals surface area (Å²) in [6, 6.07) is 2.01. The minimum Gasteiger partial charge on any atom is -0.472 e. The van der Waals surface area contributed by atoms with Crippen LogP contribution in [0.3, 0.4) is 0 Å². The van der Waals surface area contributed by atoms with Crippen LogP contribution in [0.4, 0.5) is 0 Å². The molecular weight excluding hydrogens is 552 g/mol. The minimum atomic E-state index is -0.710. The standard InChI is InChI=1S/C34H46O9/c1-17(2)11-27(37)43-25-14-24(41-19(4)35)32(5)16-40-29-30(32)33(25,6)23(13-26(36)38-8)34(7)28-18(3)21(20-9-10-39-15-20)12-22(28)42-31(29)34/h9-10,15,17,21-25,29-31H,11-14,16H2,1-8H3/t21-,22-,23-,24-,25+,29-,30+,31-,32-,33+,34-/m1/s1. The number of methoxy groups -OCH3 is 1. The molecule has 2 saturated heterocycles. The van der Waals surface area contributed by atoms with E-state index in [9.17, 15) is 14.4 Å². The van der Waals surface area contributed by atoms with E-state index in [2.05, 4.69) is 27.7 Å². The molecule has 0 aromatic carbocycles. The molecule has 1 aromatic rings. The lowest BCUT2D eigenvalue weighted by atomic mass is 9.40. The van der Waals surface area contributed by atoms with Crippen molar-refractivity contribution in [2.75, 3.05) is 13.7 Å². The maximum atomic E-state index is 13.3. The van der Waals surface area contributed by atoms with Crippen LogP contribution < -0.4 is 0 Å². The number of hydrogen-bond acceptors (Lipinski definition) is 9. The first-order valence-electron chi connectivity index (χ1n) is 15.7. The Morgan fingerprint density at radius 3 is 2.44 bits per heavy atom. The Labute approximate surface area is 254 Å². The SMILES string of the molecule is COC(=O)C[C@H]1[C@]2(C)C3=C(C)[C@H](c4ccoc4)C[C@H]3O[C@@H]2[C@@H]2OC[C@]3(C)[C@H](OC(C)=O)C[C@H](OC(=O)CC(C)C)[C@@]1(C)[C@@H]23. The Morgan fingerprint density at radius 2 is 1.81 bits per heavy atom. The molecule has 0 amide bonds. The molecule has 3 aliphatic carbocycles. The first-order valence-corrected chi connectivity index (χ1v) is 15.7. The van der Waals surface area contributed by atoms with E-state index in [1.54, 1.807) is 12.5 Å². The number of ether oxygens (including phenoxy) is 5. The molecule has 1 aromatic heterocycles. The maximum Gasteiger partial charge on any atom is 0.306 e. The fraction of sp³-hybridized carbons (Fsp3) is 0.735.